The third kappa shape index (κ3) is 1.61. The van der Waals surface area contributed by atoms with Gasteiger partial charge < -0.3 is 10.5 Å². The summed E-state index contributed by atoms with van der Waals surface area (Å²) in [5.41, 5.74) is 8.99. The van der Waals surface area contributed by atoms with Crippen molar-refractivity contribution in [2.75, 3.05) is 7.11 Å². The molecule has 1 fully saturated rings. The van der Waals surface area contributed by atoms with Gasteiger partial charge in [0.1, 0.15) is 5.75 Å². The molecule has 0 saturated heterocycles. The van der Waals surface area contributed by atoms with Crippen LogP contribution in [0.15, 0.2) is 18.2 Å². The Morgan fingerprint density at radius 3 is 2.44 bits per heavy atom. The average Bonchev–Trinajstić information content (AvgIpc) is 2.77. The molecule has 2 N–H and O–H groups in total. The van der Waals surface area contributed by atoms with Gasteiger partial charge in [-0.25, -0.2) is 0 Å². The maximum atomic E-state index is 6.11. The molecule has 1 aromatic carbocycles. The Hall–Kier alpha value is -1.02. The Bertz CT molecular complexity index is 398. The molecule has 0 bridgehead atoms. The quantitative estimate of drug-likeness (QED) is 0.848. The van der Waals surface area contributed by atoms with Crippen molar-refractivity contribution in [3.8, 4) is 5.75 Å². The molecule has 0 spiro atoms. The largest absolute Gasteiger partial charge is 0.496 e. The second-order valence-corrected chi connectivity index (χ2v) is 5.25. The van der Waals surface area contributed by atoms with Crippen molar-refractivity contribution in [3.63, 3.8) is 0 Å². The lowest BCUT2D eigenvalue weighted by molar-refractivity contribution is 0.410. The van der Waals surface area contributed by atoms with Crippen molar-refractivity contribution >= 4 is 0 Å². The van der Waals surface area contributed by atoms with Crippen molar-refractivity contribution in [1.82, 2.24) is 0 Å². The molecular weight excluding hydrogens is 198 g/mol. The molecule has 1 aliphatic carbocycles. The monoisotopic (exact) mass is 219 g/mol. The van der Waals surface area contributed by atoms with Crippen LogP contribution in [0.5, 0.6) is 5.75 Å². The Morgan fingerprint density at radius 1 is 1.38 bits per heavy atom. The molecule has 2 nitrogen and oxygen atoms in total. The van der Waals surface area contributed by atoms with Crippen molar-refractivity contribution in [3.05, 3.63) is 29.3 Å². The van der Waals surface area contributed by atoms with Gasteiger partial charge in [-0.05, 0) is 29.0 Å². The third-order valence-electron chi connectivity index (χ3n) is 3.96. The van der Waals surface area contributed by atoms with Crippen LogP contribution < -0.4 is 10.5 Å². The highest BCUT2D eigenvalue weighted by atomic mass is 16.5. The number of benzene rings is 1. The zero-order valence-electron chi connectivity index (χ0n) is 10.6. The van der Waals surface area contributed by atoms with Crippen LogP contribution >= 0.6 is 0 Å². The van der Waals surface area contributed by atoms with Crippen LogP contribution in [0.3, 0.4) is 0 Å². The number of aryl methyl sites for hydroxylation is 1. The van der Waals surface area contributed by atoms with Gasteiger partial charge in [-0.15, -0.1) is 0 Å². The minimum atomic E-state index is 0.250. The fourth-order valence-electron chi connectivity index (χ4n) is 2.58. The number of nitrogens with two attached hydrogens (primary N) is 1. The molecule has 0 amide bonds. The van der Waals surface area contributed by atoms with E-state index in [1.807, 2.05) is 0 Å². The van der Waals surface area contributed by atoms with E-state index in [1.54, 1.807) is 7.11 Å². The van der Waals surface area contributed by atoms with Crippen LogP contribution in [-0.4, -0.2) is 13.2 Å². The van der Waals surface area contributed by atoms with E-state index in [9.17, 15) is 0 Å². The van der Waals surface area contributed by atoms with E-state index in [2.05, 4.69) is 39.0 Å². The van der Waals surface area contributed by atoms with Gasteiger partial charge in [0, 0.05) is 12.0 Å². The molecule has 2 rings (SSSR count). The molecule has 2 heteroatoms. The molecule has 1 aromatic rings. The van der Waals surface area contributed by atoms with E-state index >= 15 is 0 Å². The molecule has 2 atom stereocenters. The summed E-state index contributed by atoms with van der Waals surface area (Å²) < 4.78 is 5.34. The van der Waals surface area contributed by atoms with Crippen molar-refractivity contribution in [1.29, 1.82) is 0 Å². The summed E-state index contributed by atoms with van der Waals surface area (Å²) in [7, 11) is 1.72. The summed E-state index contributed by atoms with van der Waals surface area (Å²) in [5, 5.41) is 0. The maximum Gasteiger partial charge on any atom is 0.122 e. The smallest absolute Gasteiger partial charge is 0.122 e. The number of methoxy groups -OCH3 is 1. The van der Waals surface area contributed by atoms with E-state index in [0.717, 1.165) is 12.2 Å². The van der Waals surface area contributed by atoms with Gasteiger partial charge in [0.05, 0.1) is 7.11 Å². The second-order valence-electron chi connectivity index (χ2n) is 5.25. The van der Waals surface area contributed by atoms with Crippen LogP contribution in [0.25, 0.3) is 0 Å². The van der Waals surface area contributed by atoms with Gasteiger partial charge in [-0.2, -0.15) is 0 Å². The molecule has 1 aliphatic rings. The molecule has 1 saturated carbocycles. The van der Waals surface area contributed by atoms with Gasteiger partial charge in [0.15, 0.2) is 0 Å². The van der Waals surface area contributed by atoms with Gasteiger partial charge >= 0.3 is 0 Å². The summed E-state index contributed by atoms with van der Waals surface area (Å²) in [6.45, 7) is 6.62. The number of hydrogen-bond donors (Lipinski definition) is 1. The Balaban J connectivity index is 2.31. The van der Waals surface area contributed by atoms with Crippen LogP contribution in [0.2, 0.25) is 0 Å². The normalized spacial score (nSPS) is 26.6. The van der Waals surface area contributed by atoms with Crippen LogP contribution in [0, 0.1) is 5.41 Å². The minimum Gasteiger partial charge on any atom is -0.496 e. The van der Waals surface area contributed by atoms with E-state index in [-0.39, 0.29) is 5.41 Å². The van der Waals surface area contributed by atoms with E-state index in [4.69, 9.17) is 10.5 Å². The summed E-state index contributed by atoms with van der Waals surface area (Å²) >= 11 is 0. The summed E-state index contributed by atoms with van der Waals surface area (Å²) in [6, 6.07) is 6.76. The number of ether oxygens (including phenoxy) is 1. The Morgan fingerprint density at radius 2 is 2.00 bits per heavy atom. The molecule has 2 unspecified atom stereocenters. The van der Waals surface area contributed by atoms with Crippen LogP contribution in [-0.2, 0) is 6.42 Å². The predicted octanol–water partition coefficient (Wildman–Crippen LogP) is 2.71. The summed E-state index contributed by atoms with van der Waals surface area (Å²) in [6.07, 6.45) is 0.999. The first kappa shape index (κ1) is 11.5. The van der Waals surface area contributed by atoms with E-state index in [1.165, 1.54) is 11.1 Å². The van der Waals surface area contributed by atoms with Gasteiger partial charge in [0.25, 0.3) is 0 Å². The highest BCUT2D eigenvalue weighted by Crippen LogP contribution is 2.57. The van der Waals surface area contributed by atoms with Crippen molar-refractivity contribution in [2.24, 2.45) is 11.1 Å². The molecule has 0 heterocycles. The molecule has 88 valence electrons. The van der Waals surface area contributed by atoms with Crippen LogP contribution in [0.1, 0.15) is 37.8 Å². The Labute approximate surface area is 97.8 Å². The third-order valence-corrected chi connectivity index (χ3v) is 3.96. The Kier molecular flexibility index (Phi) is 2.70. The van der Waals surface area contributed by atoms with Crippen LogP contribution in [0.4, 0.5) is 0 Å². The highest BCUT2D eigenvalue weighted by Gasteiger charge is 2.56. The predicted molar refractivity (Wildman–Crippen MR) is 66.9 cm³/mol. The van der Waals surface area contributed by atoms with Gasteiger partial charge in [-0.3, -0.25) is 0 Å². The van der Waals surface area contributed by atoms with Gasteiger partial charge in [-0.1, -0.05) is 32.9 Å². The van der Waals surface area contributed by atoms with Gasteiger partial charge in [0.2, 0.25) is 0 Å². The zero-order valence-corrected chi connectivity index (χ0v) is 10.6. The first-order valence-corrected chi connectivity index (χ1v) is 5.94. The summed E-state index contributed by atoms with van der Waals surface area (Å²) in [4.78, 5) is 0. The SMILES string of the molecule is CCc1cc(C2C(N)C2(C)C)ccc1OC. The lowest BCUT2D eigenvalue weighted by atomic mass is 10.00. The number of rotatable bonds is 3. The second kappa shape index (κ2) is 3.77. The first-order valence-electron chi connectivity index (χ1n) is 5.94. The molecule has 0 aliphatic heterocycles. The topological polar surface area (TPSA) is 35.2 Å². The fourth-order valence-corrected chi connectivity index (χ4v) is 2.58. The standard InChI is InChI=1S/C14H21NO/c1-5-9-8-10(6-7-11(9)16-4)12-13(15)14(12,2)3/h6-8,12-13H,5,15H2,1-4H3. The first-order chi connectivity index (χ1) is 7.52. The van der Waals surface area contributed by atoms with Crippen molar-refractivity contribution < 1.29 is 4.74 Å². The van der Waals surface area contributed by atoms with E-state index in [0.29, 0.717) is 12.0 Å². The number of hydrogen-bond acceptors (Lipinski definition) is 2. The molecule has 0 radical (unpaired) electrons. The average molecular weight is 219 g/mol. The minimum absolute atomic E-state index is 0.250. The fraction of sp³-hybridized carbons (Fsp3) is 0.571. The molecule has 0 aromatic heterocycles. The van der Waals surface area contributed by atoms with E-state index < -0.39 is 0 Å². The van der Waals surface area contributed by atoms with Crippen molar-refractivity contribution in [2.45, 2.75) is 39.2 Å². The summed E-state index contributed by atoms with van der Waals surface area (Å²) in [5.74, 6) is 1.49. The zero-order chi connectivity index (χ0) is 11.9. The maximum absolute atomic E-state index is 6.11. The highest BCUT2D eigenvalue weighted by molar-refractivity contribution is 5.43. The molecular formula is C14H21NO. The lowest BCUT2D eigenvalue weighted by Crippen LogP contribution is -2.06. The lowest BCUT2D eigenvalue weighted by Gasteiger charge is -2.10. The molecule has 16 heavy (non-hydrogen) atoms.